The minimum Gasteiger partial charge on any atom is -0.469 e. The molecular formula is C12H13F3O3. The van der Waals surface area contributed by atoms with Crippen LogP contribution in [0.5, 0.6) is 5.75 Å². The minimum atomic E-state index is -4.71. The molecule has 0 saturated carbocycles. The molecule has 0 bridgehead atoms. The summed E-state index contributed by atoms with van der Waals surface area (Å²) in [6.45, 7) is 1.79. The molecule has 0 N–H and O–H groups in total. The number of ether oxygens (including phenoxy) is 2. The number of carbonyl (C=O) groups excluding carboxylic acids is 1. The molecule has 18 heavy (non-hydrogen) atoms. The lowest BCUT2D eigenvalue weighted by Crippen LogP contribution is -2.17. The van der Waals surface area contributed by atoms with Crippen molar-refractivity contribution in [1.29, 1.82) is 0 Å². The highest BCUT2D eigenvalue weighted by Gasteiger charge is 2.31. The van der Waals surface area contributed by atoms with E-state index in [0.717, 1.165) is 0 Å². The molecule has 0 saturated heterocycles. The van der Waals surface area contributed by atoms with E-state index < -0.39 is 12.3 Å². The van der Waals surface area contributed by atoms with Gasteiger partial charge in [-0.2, -0.15) is 0 Å². The molecule has 0 heterocycles. The molecule has 6 heteroatoms. The Morgan fingerprint density at radius 2 is 1.94 bits per heavy atom. The molecule has 1 rings (SSSR count). The fourth-order valence-electron chi connectivity index (χ4n) is 1.53. The standard InChI is InChI=1S/C12H13F3O3/c1-3-8-6-10(18-12(13,14)15)5-4-9(8)7-11(16)17-2/h4-6H,3,7H2,1-2H3. The summed E-state index contributed by atoms with van der Waals surface area (Å²) in [4.78, 5) is 11.1. The third-order valence-corrected chi connectivity index (χ3v) is 2.35. The van der Waals surface area contributed by atoms with Crippen molar-refractivity contribution in [2.45, 2.75) is 26.1 Å². The molecule has 0 spiro atoms. The first kappa shape index (κ1) is 14.3. The van der Waals surface area contributed by atoms with E-state index in [1.54, 1.807) is 6.92 Å². The van der Waals surface area contributed by atoms with Gasteiger partial charge in [-0.1, -0.05) is 13.0 Å². The van der Waals surface area contributed by atoms with Crippen molar-refractivity contribution in [2.24, 2.45) is 0 Å². The van der Waals surface area contributed by atoms with Crippen LogP contribution in [0.1, 0.15) is 18.1 Å². The van der Waals surface area contributed by atoms with Crippen molar-refractivity contribution in [3.8, 4) is 5.75 Å². The molecule has 0 amide bonds. The van der Waals surface area contributed by atoms with Gasteiger partial charge in [0.1, 0.15) is 5.75 Å². The number of halogens is 3. The van der Waals surface area contributed by atoms with Gasteiger partial charge in [-0.15, -0.1) is 13.2 Å². The molecule has 100 valence electrons. The second-order valence-corrected chi connectivity index (χ2v) is 3.58. The van der Waals surface area contributed by atoms with E-state index in [2.05, 4.69) is 9.47 Å². The third-order valence-electron chi connectivity index (χ3n) is 2.35. The second-order valence-electron chi connectivity index (χ2n) is 3.58. The van der Waals surface area contributed by atoms with Crippen molar-refractivity contribution in [2.75, 3.05) is 7.11 Å². The van der Waals surface area contributed by atoms with Crippen LogP contribution in [0.25, 0.3) is 0 Å². The van der Waals surface area contributed by atoms with Crippen LogP contribution in [-0.2, 0) is 22.4 Å². The first-order chi connectivity index (χ1) is 8.35. The van der Waals surface area contributed by atoms with Crippen molar-refractivity contribution < 1.29 is 27.4 Å². The third kappa shape index (κ3) is 4.27. The molecule has 1 aromatic carbocycles. The van der Waals surface area contributed by atoms with Crippen molar-refractivity contribution >= 4 is 5.97 Å². The predicted molar refractivity (Wildman–Crippen MR) is 58.2 cm³/mol. The summed E-state index contributed by atoms with van der Waals surface area (Å²) < 4.78 is 44.5. The maximum Gasteiger partial charge on any atom is 0.573 e. The van der Waals surface area contributed by atoms with Crippen LogP contribution in [0.3, 0.4) is 0 Å². The number of alkyl halides is 3. The van der Waals surface area contributed by atoms with Gasteiger partial charge in [-0.05, 0) is 29.7 Å². The van der Waals surface area contributed by atoms with E-state index in [9.17, 15) is 18.0 Å². The smallest absolute Gasteiger partial charge is 0.469 e. The lowest BCUT2D eigenvalue weighted by Gasteiger charge is -2.12. The fraction of sp³-hybridized carbons (Fsp3) is 0.417. The number of hydrogen-bond acceptors (Lipinski definition) is 3. The Labute approximate surface area is 103 Å². The molecular weight excluding hydrogens is 249 g/mol. The van der Waals surface area contributed by atoms with Crippen LogP contribution >= 0.6 is 0 Å². The highest BCUT2D eigenvalue weighted by molar-refractivity contribution is 5.73. The maximum atomic E-state index is 12.0. The number of methoxy groups -OCH3 is 1. The summed E-state index contributed by atoms with van der Waals surface area (Å²) in [5.74, 6) is -0.720. The van der Waals surface area contributed by atoms with Gasteiger partial charge >= 0.3 is 12.3 Å². The molecule has 3 nitrogen and oxygen atoms in total. The Hall–Kier alpha value is -1.72. The second kappa shape index (κ2) is 5.75. The zero-order chi connectivity index (χ0) is 13.8. The molecule has 0 atom stereocenters. The number of esters is 1. The normalized spacial score (nSPS) is 11.2. The minimum absolute atomic E-state index is 0.0337. The van der Waals surface area contributed by atoms with Crippen molar-refractivity contribution in [3.05, 3.63) is 29.3 Å². The number of carbonyl (C=O) groups is 1. The SMILES string of the molecule is CCc1cc(OC(F)(F)F)ccc1CC(=O)OC. The lowest BCUT2D eigenvalue weighted by molar-refractivity contribution is -0.274. The van der Waals surface area contributed by atoms with Gasteiger partial charge in [0, 0.05) is 0 Å². The van der Waals surface area contributed by atoms with E-state index in [4.69, 9.17) is 0 Å². The molecule has 0 radical (unpaired) electrons. The average Bonchev–Trinajstić information content (AvgIpc) is 2.28. The number of rotatable bonds is 4. The summed E-state index contributed by atoms with van der Waals surface area (Å²) in [6, 6.07) is 3.91. The predicted octanol–water partition coefficient (Wildman–Crippen LogP) is 2.86. The monoisotopic (exact) mass is 262 g/mol. The van der Waals surface area contributed by atoms with Crippen LogP contribution in [0.15, 0.2) is 18.2 Å². The summed E-state index contributed by atoms with van der Waals surface area (Å²) in [5.41, 5.74) is 1.26. The zero-order valence-electron chi connectivity index (χ0n) is 10.0. The summed E-state index contributed by atoms with van der Waals surface area (Å²) >= 11 is 0. The van der Waals surface area contributed by atoms with Gasteiger partial charge in [0.05, 0.1) is 13.5 Å². The molecule has 0 aliphatic carbocycles. The largest absolute Gasteiger partial charge is 0.573 e. The first-order valence-corrected chi connectivity index (χ1v) is 5.30. The van der Waals surface area contributed by atoms with Gasteiger partial charge in [0.2, 0.25) is 0 Å². The highest BCUT2D eigenvalue weighted by Crippen LogP contribution is 2.25. The average molecular weight is 262 g/mol. The van der Waals surface area contributed by atoms with Crippen LogP contribution in [-0.4, -0.2) is 19.4 Å². The molecule has 1 aromatic rings. The fourth-order valence-corrected chi connectivity index (χ4v) is 1.53. The van der Waals surface area contributed by atoms with Crippen LogP contribution in [0, 0.1) is 0 Å². The van der Waals surface area contributed by atoms with Crippen molar-refractivity contribution in [1.82, 2.24) is 0 Å². The first-order valence-electron chi connectivity index (χ1n) is 5.30. The molecule has 0 fully saturated rings. The molecule has 0 unspecified atom stereocenters. The number of aryl methyl sites for hydroxylation is 1. The van der Waals surface area contributed by atoms with Gasteiger partial charge in [-0.3, -0.25) is 4.79 Å². The van der Waals surface area contributed by atoms with E-state index in [0.29, 0.717) is 17.5 Å². The highest BCUT2D eigenvalue weighted by atomic mass is 19.4. The van der Waals surface area contributed by atoms with Gasteiger partial charge in [0.25, 0.3) is 0 Å². The summed E-state index contributed by atoms with van der Waals surface area (Å²) in [6.07, 6.45) is -4.18. The van der Waals surface area contributed by atoms with E-state index in [1.807, 2.05) is 0 Å². The maximum absolute atomic E-state index is 12.0. The zero-order valence-corrected chi connectivity index (χ0v) is 10.0. The van der Waals surface area contributed by atoms with Crippen LogP contribution in [0.4, 0.5) is 13.2 Å². The number of benzene rings is 1. The molecule has 0 aromatic heterocycles. The van der Waals surface area contributed by atoms with Crippen LogP contribution < -0.4 is 4.74 Å². The quantitative estimate of drug-likeness (QED) is 0.783. The van der Waals surface area contributed by atoms with E-state index in [-0.39, 0.29) is 12.2 Å². The van der Waals surface area contributed by atoms with E-state index >= 15 is 0 Å². The van der Waals surface area contributed by atoms with Gasteiger partial charge in [-0.25, -0.2) is 0 Å². The Balaban J connectivity index is 2.93. The topological polar surface area (TPSA) is 35.5 Å². The van der Waals surface area contributed by atoms with E-state index in [1.165, 1.54) is 25.3 Å². The van der Waals surface area contributed by atoms with Crippen LogP contribution in [0.2, 0.25) is 0 Å². The number of hydrogen-bond donors (Lipinski definition) is 0. The summed E-state index contributed by atoms with van der Waals surface area (Å²) in [5, 5.41) is 0. The van der Waals surface area contributed by atoms with Crippen molar-refractivity contribution in [3.63, 3.8) is 0 Å². The molecule has 0 aliphatic rings. The Morgan fingerprint density at radius 3 is 2.44 bits per heavy atom. The lowest BCUT2D eigenvalue weighted by atomic mass is 10.0. The Bertz CT molecular complexity index is 427. The van der Waals surface area contributed by atoms with Gasteiger partial charge < -0.3 is 9.47 Å². The summed E-state index contributed by atoms with van der Waals surface area (Å²) in [7, 11) is 1.26. The Morgan fingerprint density at radius 1 is 1.28 bits per heavy atom. The Kier molecular flexibility index (Phi) is 4.58. The molecule has 0 aliphatic heterocycles. The van der Waals surface area contributed by atoms with Gasteiger partial charge in [0.15, 0.2) is 0 Å².